The van der Waals surface area contributed by atoms with Crippen LogP contribution < -0.4 is 5.32 Å². The zero-order valence-electron chi connectivity index (χ0n) is 17.2. The number of anilines is 2. The number of likely N-dealkylation sites (N-methyl/N-ethyl adjacent to an activating group) is 1. The van der Waals surface area contributed by atoms with Crippen molar-refractivity contribution >= 4 is 11.8 Å². The van der Waals surface area contributed by atoms with Crippen molar-refractivity contribution in [1.82, 2.24) is 34.6 Å². The van der Waals surface area contributed by atoms with Gasteiger partial charge in [-0.25, -0.2) is 19.9 Å². The van der Waals surface area contributed by atoms with Crippen molar-refractivity contribution in [1.29, 1.82) is 0 Å². The molecule has 1 aliphatic rings. The van der Waals surface area contributed by atoms with Gasteiger partial charge in [0.05, 0.1) is 23.4 Å². The zero-order valence-corrected chi connectivity index (χ0v) is 17.2. The molecule has 0 saturated carbocycles. The minimum atomic E-state index is -1.02. The maximum absolute atomic E-state index is 10.9. The fourth-order valence-corrected chi connectivity index (χ4v) is 3.67. The number of aryl methyl sites for hydroxylation is 1. The summed E-state index contributed by atoms with van der Waals surface area (Å²) in [6.45, 7) is 1.32. The Morgan fingerprint density at radius 3 is 2.61 bits per heavy atom. The molecule has 0 aliphatic carbocycles. The van der Waals surface area contributed by atoms with Gasteiger partial charge in [-0.1, -0.05) is 11.2 Å². The lowest BCUT2D eigenvalue weighted by molar-refractivity contribution is 0.0211. The van der Waals surface area contributed by atoms with Crippen molar-refractivity contribution in [3.8, 4) is 22.8 Å². The molecule has 1 aliphatic heterocycles. The number of likely N-dealkylation sites (tertiary alicyclic amines) is 1. The van der Waals surface area contributed by atoms with Crippen molar-refractivity contribution in [2.45, 2.75) is 12.0 Å². The smallest absolute Gasteiger partial charge is 0.228 e. The summed E-state index contributed by atoms with van der Waals surface area (Å²) in [5.74, 6) is 1.55. The Bertz CT molecular complexity index is 1220. The van der Waals surface area contributed by atoms with Gasteiger partial charge in [0.15, 0.2) is 11.6 Å². The van der Waals surface area contributed by atoms with Gasteiger partial charge in [-0.05, 0) is 31.7 Å². The van der Waals surface area contributed by atoms with Crippen molar-refractivity contribution in [2.75, 3.05) is 25.5 Å². The average Bonchev–Trinajstić information content (AvgIpc) is 3.50. The van der Waals surface area contributed by atoms with E-state index < -0.39 is 5.60 Å². The fraction of sp³-hybridized carbons (Fsp3) is 0.286. The first-order chi connectivity index (χ1) is 15.0. The molecule has 158 valence electrons. The van der Waals surface area contributed by atoms with Crippen LogP contribution >= 0.6 is 0 Å². The minimum absolute atomic E-state index is 0.430. The van der Waals surface area contributed by atoms with Crippen LogP contribution in [0.25, 0.3) is 22.8 Å². The van der Waals surface area contributed by atoms with E-state index in [-0.39, 0.29) is 0 Å². The highest BCUT2D eigenvalue weighted by atomic mass is 16.5. The molecule has 0 spiro atoms. The lowest BCUT2D eigenvalue weighted by Gasteiger charge is -2.18. The fourth-order valence-electron chi connectivity index (χ4n) is 3.67. The third-order valence-corrected chi connectivity index (χ3v) is 5.28. The van der Waals surface area contributed by atoms with E-state index in [9.17, 15) is 5.11 Å². The number of rotatable bonds is 5. The SMILES string of the molecule is CN1CC[C@@](O)(c2cc(-c3cccc(-c4ccnc(Nc5cn(C)cn5)n4)n3)no2)C1. The van der Waals surface area contributed by atoms with Crippen molar-refractivity contribution in [2.24, 2.45) is 7.05 Å². The predicted molar refractivity (Wildman–Crippen MR) is 113 cm³/mol. The first kappa shape index (κ1) is 19.3. The van der Waals surface area contributed by atoms with Crippen molar-refractivity contribution in [3.63, 3.8) is 0 Å². The van der Waals surface area contributed by atoms with Crippen LogP contribution in [0.4, 0.5) is 11.8 Å². The lowest BCUT2D eigenvalue weighted by Crippen LogP contribution is -2.28. The first-order valence-corrected chi connectivity index (χ1v) is 9.92. The van der Waals surface area contributed by atoms with Gasteiger partial charge < -0.3 is 24.4 Å². The molecule has 1 atom stereocenters. The molecule has 5 heterocycles. The Hall–Kier alpha value is -3.63. The molecule has 0 amide bonds. The van der Waals surface area contributed by atoms with E-state index in [2.05, 4.69) is 30.3 Å². The van der Waals surface area contributed by atoms with Crippen molar-refractivity contribution < 1.29 is 9.63 Å². The molecule has 4 aromatic heterocycles. The standard InChI is InChI=1S/C21H22N8O2/c1-28-9-7-21(30,12-28)18-10-17(27-31-18)15-5-3-4-14(24-15)16-6-8-22-20(25-16)26-19-11-29(2)13-23-19/h3-6,8,10-11,13,30H,7,9,12H2,1-2H3,(H,22,25,26)/t21-/m0/s1. The molecular formula is C21H22N8O2. The topological polar surface area (TPSA) is 118 Å². The molecule has 0 bridgehead atoms. The minimum Gasteiger partial charge on any atom is -0.380 e. The maximum atomic E-state index is 10.9. The monoisotopic (exact) mass is 418 g/mol. The summed E-state index contributed by atoms with van der Waals surface area (Å²) in [5, 5.41) is 18.1. The van der Waals surface area contributed by atoms with Crippen LogP contribution in [-0.4, -0.2) is 59.8 Å². The zero-order chi connectivity index (χ0) is 21.4. The molecule has 0 aromatic carbocycles. The van der Waals surface area contributed by atoms with E-state index in [1.807, 2.05) is 43.1 Å². The quantitative estimate of drug-likeness (QED) is 0.503. The van der Waals surface area contributed by atoms with E-state index in [0.717, 1.165) is 6.54 Å². The van der Waals surface area contributed by atoms with Gasteiger partial charge in [0.2, 0.25) is 5.95 Å². The number of hydrogen-bond donors (Lipinski definition) is 2. The number of β-amino-alcohol motifs (C(OH)–C–C–N with tert-alkyl or cyclic N) is 1. The van der Waals surface area contributed by atoms with E-state index >= 15 is 0 Å². The largest absolute Gasteiger partial charge is 0.380 e. The Labute approximate surface area is 178 Å². The number of imidazole rings is 1. The number of nitrogens with zero attached hydrogens (tertiary/aromatic N) is 7. The van der Waals surface area contributed by atoms with Gasteiger partial charge >= 0.3 is 0 Å². The molecular weight excluding hydrogens is 396 g/mol. The average molecular weight is 418 g/mol. The number of nitrogens with one attached hydrogen (secondary N) is 1. The lowest BCUT2D eigenvalue weighted by atomic mass is 9.99. The van der Waals surface area contributed by atoms with E-state index in [0.29, 0.717) is 53.3 Å². The molecule has 0 unspecified atom stereocenters. The van der Waals surface area contributed by atoms with E-state index in [1.165, 1.54) is 0 Å². The van der Waals surface area contributed by atoms with E-state index in [1.54, 1.807) is 24.7 Å². The van der Waals surface area contributed by atoms with Gasteiger partial charge in [-0.3, -0.25) is 0 Å². The molecule has 0 radical (unpaired) electrons. The summed E-state index contributed by atoms with van der Waals surface area (Å²) in [5.41, 5.74) is 1.53. The van der Waals surface area contributed by atoms with Crippen LogP contribution in [-0.2, 0) is 12.6 Å². The molecule has 10 nitrogen and oxygen atoms in total. The molecule has 2 N–H and O–H groups in total. The van der Waals surface area contributed by atoms with Crippen LogP contribution in [0.5, 0.6) is 0 Å². The molecule has 1 fully saturated rings. The number of aromatic nitrogens is 6. The summed E-state index contributed by atoms with van der Waals surface area (Å²) in [6.07, 6.45) is 5.82. The van der Waals surface area contributed by atoms with E-state index in [4.69, 9.17) is 9.51 Å². The predicted octanol–water partition coefficient (Wildman–Crippen LogP) is 2.19. The first-order valence-electron chi connectivity index (χ1n) is 9.92. The molecule has 31 heavy (non-hydrogen) atoms. The Kier molecular flexibility index (Phi) is 4.72. The summed E-state index contributed by atoms with van der Waals surface area (Å²) in [4.78, 5) is 19.8. The second kappa shape index (κ2) is 7.56. The Balaban J connectivity index is 1.40. The normalized spacial score (nSPS) is 19.1. The van der Waals surface area contributed by atoms with Crippen LogP contribution in [0.15, 0.2) is 53.6 Å². The second-order valence-corrected chi connectivity index (χ2v) is 7.82. The summed E-state index contributed by atoms with van der Waals surface area (Å²) < 4.78 is 7.31. The van der Waals surface area contributed by atoms with Crippen LogP contribution in [0.3, 0.4) is 0 Å². The van der Waals surface area contributed by atoms with Crippen molar-refractivity contribution in [3.05, 3.63) is 54.8 Å². The van der Waals surface area contributed by atoms with Crippen LogP contribution in [0, 0.1) is 0 Å². The summed E-state index contributed by atoms with van der Waals surface area (Å²) in [6, 6.07) is 9.17. The molecule has 10 heteroatoms. The van der Waals surface area contributed by atoms with Gasteiger partial charge in [0.25, 0.3) is 0 Å². The van der Waals surface area contributed by atoms with Crippen LogP contribution in [0.2, 0.25) is 0 Å². The molecule has 5 rings (SSSR count). The number of aliphatic hydroxyl groups is 1. The van der Waals surface area contributed by atoms with Gasteiger partial charge in [0, 0.05) is 38.6 Å². The van der Waals surface area contributed by atoms with Gasteiger partial charge in [0.1, 0.15) is 11.3 Å². The summed E-state index contributed by atoms with van der Waals surface area (Å²) in [7, 11) is 3.86. The molecule has 1 saturated heterocycles. The third-order valence-electron chi connectivity index (χ3n) is 5.28. The van der Waals surface area contributed by atoms with Gasteiger partial charge in [-0.15, -0.1) is 0 Å². The number of hydrogen-bond acceptors (Lipinski definition) is 9. The second-order valence-electron chi connectivity index (χ2n) is 7.82. The third kappa shape index (κ3) is 3.90. The highest BCUT2D eigenvalue weighted by Crippen LogP contribution is 2.33. The number of pyridine rings is 1. The highest BCUT2D eigenvalue weighted by Gasteiger charge is 2.39. The maximum Gasteiger partial charge on any atom is 0.228 e. The van der Waals surface area contributed by atoms with Crippen LogP contribution in [0.1, 0.15) is 12.2 Å². The van der Waals surface area contributed by atoms with Gasteiger partial charge in [-0.2, -0.15) is 0 Å². The Morgan fingerprint density at radius 2 is 1.87 bits per heavy atom. The molecule has 4 aromatic rings. The summed E-state index contributed by atoms with van der Waals surface area (Å²) >= 11 is 0. The highest BCUT2D eigenvalue weighted by molar-refractivity contribution is 5.62. The Morgan fingerprint density at radius 1 is 1.06 bits per heavy atom.